The molecule has 0 aliphatic carbocycles. The summed E-state index contributed by atoms with van der Waals surface area (Å²) in [6.45, 7) is 6.65. The third-order valence-corrected chi connectivity index (χ3v) is 2.52. The van der Waals surface area contributed by atoms with Gasteiger partial charge in [0.2, 0.25) is 0 Å². The lowest BCUT2D eigenvalue weighted by Gasteiger charge is -2.12. The van der Waals surface area contributed by atoms with Crippen molar-refractivity contribution in [1.29, 1.82) is 0 Å². The standard InChI is InChI=1S/C15H23NO2/c1-11(2)7-8-18-14-6-5-13(9-12(3)16)10-15(14)17-4/h5-7,10,12H,8-9,16H2,1-4H3. The molecule has 1 unspecified atom stereocenters. The van der Waals surface area contributed by atoms with Crippen molar-refractivity contribution < 1.29 is 9.47 Å². The van der Waals surface area contributed by atoms with Crippen LogP contribution in [0.3, 0.4) is 0 Å². The van der Waals surface area contributed by atoms with Crippen LogP contribution in [0.1, 0.15) is 26.3 Å². The second-order valence-electron chi connectivity index (χ2n) is 4.76. The predicted octanol–water partition coefficient (Wildman–Crippen LogP) is 2.93. The number of allylic oxidation sites excluding steroid dienone is 1. The maximum Gasteiger partial charge on any atom is 0.161 e. The molecular weight excluding hydrogens is 226 g/mol. The van der Waals surface area contributed by atoms with E-state index in [1.165, 1.54) is 5.57 Å². The summed E-state index contributed by atoms with van der Waals surface area (Å²) in [5, 5.41) is 0. The van der Waals surface area contributed by atoms with Gasteiger partial charge in [0, 0.05) is 6.04 Å². The van der Waals surface area contributed by atoms with Crippen LogP contribution >= 0.6 is 0 Å². The number of benzene rings is 1. The second kappa shape index (κ2) is 7.07. The molecule has 0 fully saturated rings. The molecule has 0 amide bonds. The molecule has 100 valence electrons. The Balaban J connectivity index is 2.76. The minimum atomic E-state index is 0.146. The number of nitrogens with two attached hydrogens (primary N) is 1. The molecule has 0 aliphatic rings. The van der Waals surface area contributed by atoms with Gasteiger partial charge in [-0.25, -0.2) is 0 Å². The lowest BCUT2D eigenvalue weighted by atomic mass is 10.1. The smallest absolute Gasteiger partial charge is 0.161 e. The number of hydrogen-bond donors (Lipinski definition) is 1. The Morgan fingerprint density at radius 2 is 2.06 bits per heavy atom. The van der Waals surface area contributed by atoms with Crippen LogP contribution in [0.15, 0.2) is 29.8 Å². The van der Waals surface area contributed by atoms with Crippen LogP contribution in [0.4, 0.5) is 0 Å². The topological polar surface area (TPSA) is 44.5 Å². The normalized spacial score (nSPS) is 11.8. The number of ether oxygens (including phenoxy) is 2. The van der Waals surface area contributed by atoms with E-state index in [-0.39, 0.29) is 6.04 Å². The van der Waals surface area contributed by atoms with Crippen molar-refractivity contribution in [3.8, 4) is 11.5 Å². The third kappa shape index (κ3) is 4.80. The van der Waals surface area contributed by atoms with Gasteiger partial charge in [-0.15, -0.1) is 0 Å². The van der Waals surface area contributed by atoms with Gasteiger partial charge in [0.25, 0.3) is 0 Å². The van der Waals surface area contributed by atoms with E-state index in [1.54, 1.807) is 7.11 Å². The first-order chi connectivity index (χ1) is 8.52. The second-order valence-corrected chi connectivity index (χ2v) is 4.76. The van der Waals surface area contributed by atoms with Crippen LogP contribution in [-0.4, -0.2) is 19.8 Å². The Labute approximate surface area is 110 Å². The van der Waals surface area contributed by atoms with Crippen molar-refractivity contribution in [1.82, 2.24) is 0 Å². The van der Waals surface area contributed by atoms with Crippen molar-refractivity contribution in [2.75, 3.05) is 13.7 Å². The summed E-state index contributed by atoms with van der Waals surface area (Å²) in [5.74, 6) is 1.53. The summed E-state index contributed by atoms with van der Waals surface area (Å²) >= 11 is 0. The molecule has 1 rings (SSSR count). The van der Waals surface area contributed by atoms with Crippen LogP contribution in [0.25, 0.3) is 0 Å². The Morgan fingerprint density at radius 1 is 1.33 bits per heavy atom. The Hall–Kier alpha value is -1.48. The molecular formula is C15H23NO2. The number of rotatable bonds is 6. The lowest BCUT2D eigenvalue weighted by Crippen LogP contribution is -2.17. The molecule has 1 aromatic rings. The van der Waals surface area contributed by atoms with Crippen molar-refractivity contribution in [2.45, 2.75) is 33.2 Å². The lowest BCUT2D eigenvalue weighted by molar-refractivity contribution is 0.325. The minimum Gasteiger partial charge on any atom is -0.493 e. The van der Waals surface area contributed by atoms with Crippen LogP contribution < -0.4 is 15.2 Å². The van der Waals surface area contributed by atoms with E-state index in [9.17, 15) is 0 Å². The van der Waals surface area contributed by atoms with Gasteiger partial charge in [-0.2, -0.15) is 0 Å². The first-order valence-electron chi connectivity index (χ1n) is 6.21. The van der Waals surface area contributed by atoms with Crippen LogP contribution in [0.2, 0.25) is 0 Å². The van der Waals surface area contributed by atoms with Gasteiger partial charge in [0.15, 0.2) is 11.5 Å². The van der Waals surface area contributed by atoms with E-state index >= 15 is 0 Å². The van der Waals surface area contributed by atoms with E-state index in [0.29, 0.717) is 6.61 Å². The van der Waals surface area contributed by atoms with Gasteiger partial charge < -0.3 is 15.2 Å². The van der Waals surface area contributed by atoms with Crippen molar-refractivity contribution in [3.63, 3.8) is 0 Å². The van der Waals surface area contributed by atoms with Crippen LogP contribution in [0.5, 0.6) is 11.5 Å². The largest absolute Gasteiger partial charge is 0.493 e. The average molecular weight is 249 g/mol. The zero-order chi connectivity index (χ0) is 13.5. The molecule has 0 radical (unpaired) electrons. The van der Waals surface area contributed by atoms with E-state index in [1.807, 2.05) is 45.0 Å². The molecule has 18 heavy (non-hydrogen) atoms. The highest BCUT2D eigenvalue weighted by Gasteiger charge is 2.06. The summed E-state index contributed by atoms with van der Waals surface area (Å²) in [5.41, 5.74) is 8.19. The molecule has 0 heterocycles. The Kier molecular flexibility index (Phi) is 5.72. The van der Waals surface area contributed by atoms with E-state index in [2.05, 4.69) is 0 Å². The molecule has 0 saturated carbocycles. The average Bonchev–Trinajstić information content (AvgIpc) is 2.29. The Bertz CT molecular complexity index is 407. The van der Waals surface area contributed by atoms with Gasteiger partial charge in [0.05, 0.1) is 7.11 Å². The fraction of sp³-hybridized carbons (Fsp3) is 0.467. The summed E-state index contributed by atoms with van der Waals surface area (Å²) in [6, 6.07) is 6.10. The molecule has 0 aliphatic heterocycles. The van der Waals surface area contributed by atoms with E-state index in [0.717, 1.165) is 23.5 Å². The van der Waals surface area contributed by atoms with Gasteiger partial charge in [-0.1, -0.05) is 11.6 Å². The molecule has 0 spiro atoms. The zero-order valence-corrected chi connectivity index (χ0v) is 11.7. The number of hydrogen-bond acceptors (Lipinski definition) is 3. The first-order valence-corrected chi connectivity index (χ1v) is 6.21. The minimum absolute atomic E-state index is 0.146. The highest BCUT2D eigenvalue weighted by molar-refractivity contribution is 5.43. The highest BCUT2D eigenvalue weighted by atomic mass is 16.5. The Morgan fingerprint density at radius 3 is 2.61 bits per heavy atom. The molecule has 1 aromatic carbocycles. The van der Waals surface area contributed by atoms with E-state index < -0.39 is 0 Å². The SMILES string of the molecule is COc1cc(CC(C)N)ccc1OCC=C(C)C. The van der Waals surface area contributed by atoms with Gasteiger partial charge in [-0.3, -0.25) is 0 Å². The fourth-order valence-corrected chi connectivity index (χ4v) is 1.63. The molecule has 0 saturated heterocycles. The maximum absolute atomic E-state index is 5.79. The quantitative estimate of drug-likeness (QED) is 0.788. The molecule has 0 bridgehead atoms. The van der Waals surface area contributed by atoms with Gasteiger partial charge in [0.1, 0.15) is 6.61 Å². The van der Waals surface area contributed by atoms with Gasteiger partial charge in [-0.05, 0) is 51.0 Å². The van der Waals surface area contributed by atoms with Crippen LogP contribution in [-0.2, 0) is 6.42 Å². The van der Waals surface area contributed by atoms with Crippen molar-refractivity contribution in [2.24, 2.45) is 5.73 Å². The maximum atomic E-state index is 5.79. The van der Waals surface area contributed by atoms with Crippen LogP contribution in [0, 0.1) is 0 Å². The third-order valence-electron chi connectivity index (χ3n) is 2.52. The summed E-state index contributed by atoms with van der Waals surface area (Å²) < 4.78 is 11.0. The molecule has 0 aromatic heterocycles. The summed E-state index contributed by atoms with van der Waals surface area (Å²) in [7, 11) is 1.65. The molecule has 2 N–H and O–H groups in total. The molecule has 1 atom stereocenters. The molecule has 3 heteroatoms. The van der Waals surface area contributed by atoms with Gasteiger partial charge >= 0.3 is 0 Å². The zero-order valence-electron chi connectivity index (χ0n) is 11.7. The number of methoxy groups -OCH3 is 1. The summed E-state index contributed by atoms with van der Waals surface area (Å²) in [6.07, 6.45) is 2.87. The first kappa shape index (κ1) is 14.6. The van der Waals surface area contributed by atoms with Crippen molar-refractivity contribution >= 4 is 0 Å². The van der Waals surface area contributed by atoms with E-state index in [4.69, 9.17) is 15.2 Å². The van der Waals surface area contributed by atoms with Crippen molar-refractivity contribution in [3.05, 3.63) is 35.4 Å². The summed E-state index contributed by atoms with van der Waals surface area (Å²) in [4.78, 5) is 0. The fourth-order valence-electron chi connectivity index (χ4n) is 1.63. The predicted molar refractivity (Wildman–Crippen MR) is 75.3 cm³/mol. The molecule has 3 nitrogen and oxygen atoms in total. The monoisotopic (exact) mass is 249 g/mol. The highest BCUT2D eigenvalue weighted by Crippen LogP contribution is 2.28.